The number of esters is 1. The minimum absolute atomic E-state index is 0.0904. The van der Waals surface area contributed by atoms with Crippen molar-refractivity contribution in [3.05, 3.63) is 76.9 Å². The molecule has 222 valence electrons. The molecule has 2 aliphatic rings. The van der Waals surface area contributed by atoms with Crippen LogP contribution in [0.1, 0.15) is 78.2 Å². The van der Waals surface area contributed by atoms with Gasteiger partial charge in [-0.2, -0.15) is 0 Å². The third kappa shape index (κ3) is 5.62. The number of ether oxygens (including phenoxy) is 6. The Bertz CT molecular complexity index is 1450. The molecule has 0 unspecified atom stereocenters. The molecule has 8 nitrogen and oxygen atoms in total. The molecule has 42 heavy (non-hydrogen) atoms. The van der Waals surface area contributed by atoms with Gasteiger partial charge in [0.25, 0.3) is 0 Å². The normalized spacial score (nSPS) is 20.5. The zero-order chi connectivity index (χ0) is 29.8. The minimum Gasteiger partial charge on any atom is -0.493 e. The molecule has 0 fully saturated rings. The van der Waals surface area contributed by atoms with Crippen molar-refractivity contribution in [1.29, 1.82) is 0 Å². The summed E-state index contributed by atoms with van der Waals surface area (Å²) in [6, 6.07) is 17.8. The average Bonchev–Trinajstić information content (AvgIpc) is 3.03. The highest BCUT2D eigenvalue weighted by molar-refractivity contribution is 5.88. The van der Waals surface area contributed by atoms with Crippen molar-refractivity contribution in [1.82, 2.24) is 0 Å². The smallest absolute Gasteiger partial charge is 0.305 e. The Balaban J connectivity index is 1.54. The molecular weight excluding hydrogens is 536 g/mol. The maximum Gasteiger partial charge on any atom is 0.305 e. The Morgan fingerprint density at radius 3 is 2.05 bits per heavy atom. The Kier molecular flexibility index (Phi) is 8.90. The number of ketones is 1. The lowest BCUT2D eigenvalue weighted by atomic mass is 9.64. The standard InChI is InChI=1S/C34H38O8/c1-37-26-14-12-20(17-30(26)39-3)24-16-22-19-29(21-13-15-27(38-2)31(18-21)40-4)42-28-10-6-8-23(33(22)28)34(24)25(35)9-7-11-32(36)41-5/h6,8,10,12-15,17-18,22,24,29,34H,7,9,11,16,19H2,1-5H3/t22-,24-,29-,34+/m0/s1. The molecule has 8 heteroatoms. The monoisotopic (exact) mass is 574 g/mol. The van der Waals surface area contributed by atoms with E-state index in [9.17, 15) is 9.59 Å². The Morgan fingerprint density at radius 1 is 0.762 bits per heavy atom. The second-order valence-electron chi connectivity index (χ2n) is 10.7. The van der Waals surface area contributed by atoms with E-state index in [1.807, 2.05) is 48.5 Å². The zero-order valence-electron chi connectivity index (χ0n) is 24.8. The second-order valence-corrected chi connectivity index (χ2v) is 10.7. The lowest BCUT2D eigenvalue weighted by Gasteiger charge is -2.43. The molecule has 0 N–H and O–H groups in total. The van der Waals surface area contributed by atoms with Crippen molar-refractivity contribution >= 4 is 11.8 Å². The van der Waals surface area contributed by atoms with E-state index in [2.05, 4.69) is 6.07 Å². The van der Waals surface area contributed by atoms with Crippen molar-refractivity contribution in [2.24, 2.45) is 0 Å². The molecule has 0 aromatic heterocycles. The van der Waals surface area contributed by atoms with Gasteiger partial charge in [0.1, 0.15) is 17.6 Å². The summed E-state index contributed by atoms with van der Waals surface area (Å²) in [7, 11) is 7.84. The SMILES string of the molecule is COC(=O)CCCC(=O)[C@@H]1c2cccc3c2[C@H](C[C@@H](c2ccc(OC)c(OC)c2)O3)C[C@H]1c1ccc(OC)c(OC)c1. The van der Waals surface area contributed by atoms with E-state index in [0.29, 0.717) is 29.4 Å². The Morgan fingerprint density at radius 2 is 1.40 bits per heavy atom. The van der Waals surface area contributed by atoms with Gasteiger partial charge in [-0.15, -0.1) is 0 Å². The zero-order valence-corrected chi connectivity index (χ0v) is 24.8. The molecule has 5 rings (SSSR count). The van der Waals surface area contributed by atoms with Gasteiger partial charge in [0.15, 0.2) is 23.0 Å². The topological polar surface area (TPSA) is 89.5 Å². The number of methoxy groups -OCH3 is 5. The first kappa shape index (κ1) is 29.3. The number of hydrogen-bond donors (Lipinski definition) is 0. The summed E-state index contributed by atoms with van der Waals surface area (Å²) in [5, 5.41) is 0. The number of carbonyl (C=O) groups is 2. The van der Waals surface area contributed by atoms with Crippen LogP contribution in [0.4, 0.5) is 0 Å². The van der Waals surface area contributed by atoms with Crippen molar-refractivity contribution in [3.63, 3.8) is 0 Å². The van der Waals surface area contributed by atoms with Gasteiger partial charge in [-0.25, -0.2) is 0 Å². The van der Waals surface area contributed by atoms with Crippen LogP contribution >= 0.6 is 0 Å². The van der Waals surface area contributed by atoms with Crippen LogP contribution in [0.25, 0.3) is 0 Å². The Labute approximate surface area is 246 Å². The minimum atomic E-state index is -0.381. The molecule has 1 aliphatic carbocycles. The number of rotatable bonds is 11. The predicted molar refractivity (Wildman–Crippen MR) is 157 cm³/mol. The predicted octanol–water partition coefficient (Wildman–Crippen LogP) is 6.51. The maximum absolute atomic E-state index is 14.0. The fraction of sp³-hybridized carbons (Fsp3) is 0.412. The molecule has 0 bridgehead atoms. The first-order valence-corrected chi connectivity index (χ1v) is 14.2. The maximum atomic E-state index is 14.0. The third-order valence-electron chi connectivity index (χ3n) is 8.55. The highest BCUT2D eigenvalue weighted by atomic mass is 16.5. The molecule has 1 heterocycles. The van der Waals surface area contributed by atoms with Gasteiger partial charge in [0, 0.05) is 24.3 Å². The molecule has 0 saturated carbocycles. The van der Waals surface area contributed by atoms with E-state index in [1.165, 1.54) is 7.11 Å². The summed E-state index contributed by atoms with van der Waals surface area (Å²) in [4.78, 5) is 25.7. The number of carbonyl (C=O) groups excluding carboxylic acids is 2. The van der Waals surface area contributed by atoms with E-state index in [4.69, 9.17) is 28.4 Å². The van der Waals surface area contributed by atoms with Crippen LogP contribution in [0.3, 0.4) is 0 Å². The lowest BCUT2D eigenvalue weighted by Crippen LogP contribution is -2.32. The van der Waals surface area contributed by atoms with E-state index >= 15 is 0 Å². The molecule has 0 amide bonds. The van der Waals surface area contributed by atoms with Crippen LogP contribution in [0, 0.1) is 0 Å². The average molecular weight is 575 g/mol. The summed E-state index contributed by atoms with van der Waals surface area (Å²) >= 11 is 0. The van der Waals surface area contributed by atoms with Gasteiger partial charge in [0.05, 0.1) is 35.5 Å². The Hall–Kier alpha value is -4.20. The highest BCUT2D eigenvalue weighted by Crippen LogP contribution is 2.57. The molecular formula is C34H38O8. The van der Waals surface area contributed by atoms with Crippen LogP contribution in [0.2, 0.25) is 0 Å². The molecule has 4 atom stereocenters. The van der Waals surface area contributed by atoms with E-state index in [0.717, 1.165) is 40.8 Å². The molecule has 0 radical (unpaired) electrons. The van der Waals surface area contributed by atoms with Crippen molar-refractivity contribution < 1.29 is 38.0 Å². The quantitative estimate of drug-likeness (QED) is 0.240. The third-order valence-corrected chi connectivity index (χ3v) is 8.55. The van der Waals surface area contributed by atoms with Crippen LogP contribution < -0.4 is 23.7 Å². The van der Waals surface area contributed by atoms with E-state index in [1.54, 1.807) is 28.4 Å². The molecule has 3 aromatic rings. The van der Waals surface area contributed by atoms with Crippen LogP contribution in [-0.2, 0) is 14.3 Å². The van der Waals surface area contributed by atoms with E-state index < -0.39 is 0 Å². The van der Waals surface area contributed by atoms with Gasteiger partial charge in [0.2, 0.25) is 0 Å². The van der Waals surface area contributed by atoms with Crippen LogP contribution in [-0.4, -0.2) is 47.3 Å². The van der Waals surface area contributed by atoms with Crippen molar-refractivity contribution in [2.75, 3.05) is 35.5 Å². The van der Waals surface area contributed by atoms with Crippen molar-refractivity contribution in [3.8, 4) is 28.7 Å². The fourth-order valence-corrected chi connectivity index (χ4v) is 6.55. The summed E-state index contributed by atoms with van der Waals surface area (Å²) in [6.07, 6.45) is 2.27. The van der Waals surface area contributed by atoms with Gasteiger partial charge >= 0.3 is 5.97 Å². The molecule has 1 aliphatic heterocycles. The van der Waals surface area contributed by atoms with Crippen molar-refractivity contribution in [2.45, 2.75) is 56.0 Å². The first-order chi connectivity index (χ1) is 20.4. The summed E-state index contributed by atoms with van der Waals surface area (Å²) in [5.74, 6) is 2.88. The van der Waals surface area contributed by atoms with Gasteiger partial charge in [-0.1, -0.05) is 24.3 Å². The lowest BCUT2D eigenvalue weighted by molar-refractivity contribution is -0.140. The van der Waals surface area contributed by atoms with Crippen LogP contribution in [0.15, 0.2) is 54.6 Å². The molecule has 3 aromatic carbocycles. The number of hydrogen-bond acceptors (Lipinski definition) is 8. The van der Waals surface area contributed by atoms with E-state index in [-0.39, 0.29) is 48.5 Å². The van der Waals surface area contributed by atoms with Gasteiger partial charge < -0.3 is 28.4 Å². The largest absolute Gasteiger partial charge is 0.493 e. The van der Waals surface area contributed by atoms with Crippen LogP contribution in [0.5, 0.6) is 28.7 Å². The first-order valence-electron chi connectivity index (χ1n) is 14.2. The summed E-state index contributed by atoms with van der Waals surface area (Å²) in [5.41, 5.74) is 4.13. The number of benzene rings is 3. The molecule has 0 saturated heterocycles. The van der Waals surface area contributed by atoms with Gasteiger partial charge in [-0.05, 0) is 78.1 Å². The second kappa shape index (κ2) is 12.8. The van der Waals surface area contributed by atoms with Gasteiger partial charge in [-0.3, -0.25) is 9.59 Å². The number of Topliss-reactive ketones (excluding diaryl/α,β-unsaturated/α-hetero) is 1. The molecule has 0 spiro atoms. The summed E-state index contributed by atoms with van der Waals surface area (Å²) < 4.78 is 33.5. The highest BCUT2D eigenvalue weighted by Gasteiger charge is 2.44. The fourth-order valence-electron chi connectivity index (χ4n) is 6.55. The summed E-state index contributed by atoms with van der Waals surface area (Å²) in [6.45, 7) is 0.